The Kier molecular flexibility index (Phi) is 4.56. The smallest absolute Gasteiger partial charge is 0.453 e. The molecule has 1 aromatic rings. The van der Waals surface area contributed by atoms with Crippen molar-refractivity contribution < 1.29 is 27.4 Å². The number of para-hydroxylation sites is 1. The van der Waals surface area contributed by atoms with E-state index in [0.29, 0.717) is 0 Å². The highest BCUT2D eigenvalue weighted by molar-refractivity contribution is 5.57. The fourth-order valence-electron chi connectivity index (χ4n) is 1.09. The van der Waals surface area contributed by atoms with E-state index in [4.69, 9.17) is 0 Å². The SMILES string of the molecule is O=[C]OCC=Cc1ccccc1OC(F)(F)F. The van der Waals surface area contributed by atoms with E-state index in [1.165, 1.54) is 36.8 Å². The van der Waals surface area contributed by atoms with Crippen LogP contribution in [0.1, 0.15) is 5.56 Å². The Labute approximate surface area is 95.5 Å². The van der Waals surface area contributed by atoms with E-state index in [0.717, 1.165) is 0 Å². The fourth-order valence-corrected chi connectivity index (χ4v) is 1.09. The summed E-state index contributed by atoms with van der Waals surface area (Å²) in [6.45, 7) is 1.13. The molecule has 0 unspecified atom stereocenters. The Hall–Kier alpha value is -1.98. The van der Waals surface area contributed by atoms with Gasteiger partial charge in [0, 0.05) is 5.56 Å². The van der Waals surface area contributed by atoms with Crippen LogP contribution in [-0.4, -0.2) is 19.4 Å². The highest BCUT2D eigenvalue weighted by Gasteiger charge is 2.31. The lowest BCUT2D eigenvalue weighted by Crippen LogP contribution is -2.17. The van der Waals surface area contributed by atoms with Crippen LogP contribution >= 0.6 is 0 Å². The van der Waals surface area contributed by atoms with Crippen LogP contribution < -0.4 is 4.74 Å². The second kappa shape index (κ2) is 5.93. The quantitative estimate of drug-likeness (QED) is 0.748. The number of hydrogen-bond acceptors (Lipinski definition) is 3. The summed E-state index contributed by atoms with van der Waals surface area (Å²) >= 11 is 0. The van der Waals surface area contributed by atoms with Crippen molar-refractivity contribution in [3.8, 4) is 5.75 Å². The first-order chi connectivity index (χ1) is 8.03. The van der Waals surface area contributed by atoms with Crippen molar-refractivity contribution in [2.75, 3.05) is 6.61 Å². The maximum Gasteiger partial charge on any atom is 0.573 e. The molecule has 0 atom stereocenters. The third-order valence-electron chi connectivity index (χ3n) is 1.68. The third kappa shape index (κ3) is 5.05. The van der Waals surface area contributed by atoms with Crippen LogP contribution in [-0.2, 0) is 9.53 Å². The van der Waals surface area contributed by atoms with Gasteiger partial charge in [-0.2, -0.15) is 0 Å². The lowest BCUT2D eigenvalue weighted by molar-refractivity contribution is -0.274. The molecule has 0 amide bonds. The van der Waals surface area contributed by atoms with Crippen molar-refractivity contribution in [1.29, 1.82) is 0 Å². The van der Waals surface area contributed by atoms with Crippen LogP contribution in [0.4, 0.5) is 13.2 Å². The second-order valence-corrected chi connectivity index (χ2v) is 2.88. The van der Waals surface area contributed by atoms with Crippen molar-refractivity contribution in [3.63, 3.8) is 0 Å². The molecule has 6 heteroatoms. The summed E-state index contributed by atoms with van der Waals surface area (Å²) in [6.07, 6.45) is -2.00. The molecule has 1 aromatic carbocycles. The molecule has 0 heterocycles. The van der Waals surface area contributed by atoms with Gasteiger partial charge >= 0.3 is 12.8 Å². The molecule has 1 radical (unpaired) electrons. The van der Waals surface area contributed by atoms with Gasteiger partial charge in [-0.05, 0) is 12.1 Å². The Balaban J connectivity index is 2.77. The van der Waals surface area contributed by atoms with Gasteiger partial charge in [-0.1, -0.05) is 24.3 Å². The molecule has 0 aliphatic heterocycles. The molecule has 3 nitrogen and oxygen atoms in total. The van der Waals surface area contributed by atoms with Gasteiger partial charge in [-0.25, -0.2) is 4.79 Å². The topological polar surface area (TPSA) is 35.5 Å². The van der Waals surface area contributed by atoms with Crippen molar-refractivity contribution in [2.45, 2.75) is 6.36 Å². The van der Waals surface area contributed by atoms with Gasteiger partial charge in [-0.15, -0.1) is 13.2 Å². The van der Waals surface area contributed by atoms with E-state index in [-0.39, 0.29) is 17.9 Å². The molecule has 0 spiro atoms. The van der Waals surface area contributed by atoms with Crippen molar-refractivity contribution in [2.24, 2.45) is 0 Å². The van der Waals surface area contributed by atoms with Gasteiger partial charge in [0.1, 0.15) is 12.4 Å². The summed E-state index contributed by atoms with van der Waals surface area (Å²) < 4.78 is 44.2. The average Bonchev–Trinajstić information content (AvgIpc) is 2.24. The summed E-state index contributed by atoms with van der Waals surface area (Å²) in [5.41, 5.74) is 0.235. The molecule has 0 N–H and O–H groups in total. The lowest BCUT2D eigenvalue weighted by atomic mass is 10.2. The van der Waals surface area contributed by atoms with Gasteiger partial charge in [0.25, 0.3) is 0 Å². The lowest BCUT2D eigenvalue weighted by Gasteiger charge is -2.10. The number of ether oxygens (including phenoxy) is 2. The molecule has 0 saturated carbocycles. The van der Waals surface area contributed by atoms with E-state index in [9.17, 15) is 18.0 Å². The molecule has 0 saturated heterocycles. The van der Waals surface area contributed by atoms with E-state index < -0.39 is 6.36 Å². The second-order valence-electron chi connectivity index (χ2n) is 2.88. The number of hydrogen-bond donors (Lipinski definition) is 0. The van der Waals surface area contributed by atoms with Gasteiger partial charge in [0.05, 0.1) is 0 Å². The Morgan fingerprint density at radius 2 is 2.00 bits per heavy atom. The summed E-state index contributed by atoms with van der Waals surface area (Å²) in [7, 11) is 0. The Morgan fingerprint density at radius 1 is 1.29 bits per heavy atom. The normalized spacial score (nSPS) is 11.5. The summed E-state index contributed by atoms with van der Waals surface area (Å²) in [4.78, 5) is 9.72. The molecule has 0 aromatic heterocycles. The fraction of sp³-hybridized carbons (Fsp3) is 0.182. The van der Waals surface area contributed by atoms with Crippen LogP contribution in [0.5, 0.6) is 5.75 Å². The minimum atomic E-state index is -4.74. The predicted molar refractivity (Wildman–Crippen MR) is 53.8 cm³/mol. The standard InChI is InChI=1S/C11H8F3O3/c12-11(13,14)17-10-6-2-1-4-9(10)5-3-7-16-8-15/h1-6H,7H2. The molecule has 91 valence electrons. The van der Waals surface area contributed by atoms with Gasteiger partial charge in [-0.3, -0.25) is 0 Å². The van der Waals surface area contributed by atoms with E-state index in [1.54, 1.807) is 6.07 Å². The summed E-state index contributed by atoms with van der Waals surface area (Å²) in [6, 6.07) is 5.63. The Morgan fingerprint density at radius 3 is 2.65 bits per heavy atom. The zero-order valence-corrected chi connectivity index (χ0v) is 8.53. The first-order valence-corrected chi connectivity index (χ1v) is 4.53. The molecule has 0 bridgehead atoms. The summed E-state index contributed by atoms with van der Waals surface area (Å²) in [5, 5.41) is 0. The minimum absolute atomic E-state index is 0.0656. The highest BCUT2D eigenvalue weighted by Crippen LogP contribution is 2.26. The zero-order chi connectivity index (χ0) is 12.7. The average molecular weight is 245 g/mol. The maximum atomic E-state index is 12.0. The van der Waals surface area contributed by atoms with E-state index >= 15 is 0 Å². The van der Waals surface area contributed by atoms with Crippen molar-refractivity contribution >= 4 is 12.5 Å². The number of carbonyl (C=O) groups excluding carboxylic acids is 1. The summed E-state index contributed by atoms with van der Waals surface area (Å²) in [5.74, 6) is -0.314. The maximum absolute atomic E-state index is 12.0. The molecular formula is C11H8F3O3. The largest absolute Gasteiger partial charge is 0.573 e. The third-order valence-corrected chi connectivity index (χ3v) is 1.68. The van der Waals surface area contributed by atoms with Crippen molar-refractivity contribution in [3.05, 3.63) is 35.9 Å². The van der Waals surface area contributed by atoms with Crippen LogP contribution in [0.2, 0.25) is 0 Å². The number of benzene rings is 1. The van der Waals surface area contributed by atoms with E-state index in [2.05, 4.69) is 9.47 Å². The van der Waals surface area contributed by atoms with Crippen molar-refractivity contribution in [1.82, 2.24) is 0 Å². The van der Waals surface area contributed by atoms with Gasteiger partial charge in [0.2, 0.25) is 0 Å². The first-order valence-electron chi connectivity index (χ1n) is 4.53. The van der Waals surface area contributed by atoms with Crippen LogP contribution in [0.25, 0.3) is 6.08 Å². The molecular weight excluding hydrogens is 237 g/mol. The number of halogens is 3. The van der Waals surface area contributed by atoms with Crippen LogP contribution in [0.3, 0.4) is 0 Å². The first kappa shape index (κ1) is 13.1. The molecule has 0 aliphatic carbocycles. The predicted octanol–water partition coefficient (Wildman–Crippen LogP) is 2.68. The molecule has 0 fully saturated rings. The van der Waals surface area contributed by atoms with Gasteiger partial charge < -0.3 is 9.47 Å². The zero-order valence-electron chi connectivity index (χ0n) is 8.53. The number of rotatable bonds is 5. The van der Waals surface area contributed by atoms with Crippen LogP contribution in [0, 0.1) is 0 Å². The number of alkyl halides is 3. The Bertz CT molecular complexity index is 399. The van der Waals surface area contributed by atoms with Gasteiger partial charge in [0.15, 0.2) is 0 Å². The highest BCUT2D eigenvalue weighted by atomic mass is 19.4. The minimum Gasteiger partial charge on any atom is -0.453 e. The molecule has 1 rings (SSSR count). The van der Waals surface area contributed by atoms with E-state index in [1.807, 2.05) is 0 Å². The van der Waals surface area contributed by atoms with Crippen LogP contribution in [0.15, 0.2) is 30.3 Å². The molecule has 17 heavy (non-hydrogen) atoms. The molecule has 0 aliphatic rings. The monoisotopic (exact) mass is 245 g/mol.